The molecule has 4 aliphatic heterocycles. The van der Waals surface area contributed by atoms with Gasteiger partial charge in [0.1, 0.15) is 11.5 Å². The van der Waals surface area contributed by atoms with Crippen LogP contribution in [0.1, 0.15) is 0 Å². The molecule has 0 spiro atoms. The molecular formula is C40H26B2N4O2S. The van der Waals surface area contributed by atoms with Gasteiger partial charge in [0.15, 0.2) is 11.5 Å². The zero-order valence-electron chi connectivity index (χ0n) is 26.2. The van der Waals surface area contributed by atoms with Gasteiger partial charge in [-0.25, -0.2) is 0 Å². The fourth-order valence-electron chi connectivity index (χ4n) is 7.90. The van der Waals surface area contributed by atoms with E-state index < -0.39 is 0 Å². The van der Waals surface area contributed by atoms with Crippen LogP contribution in [0.15, 0.2) is 158 Å². The number of ether oxygens (including phenoxy) is 2. The molecule has 0 atom stereocenters. The number of hydrogen-bond donors (Lipinski definition) is 0. The van der Waals surface area contributed by atoms with E-state index >= 15 is 0 Å². The first kappa shape index (κ1) is 27.0. The lowest BCUT2D eigenvalue weighted by molar-refractivity contribution is 0.429. The molecule has 0 saturated carbocycles. The smallest absolute Gasteiger partial charge is 0.435 e. The second kappa shape index (κ2) is 10.2. The quantitative estimate of drug-likeness (QED) is 0.174. The Balaban J connectivity index is 1.22. The monoisotopic (exact) mass is 648 g/mol. The topological polar surface area (TPSA) is 31.4 Å². The number of para-hydroxylation sites is 10. The van der Waals surface area contributed by atoms with Crippen LogP contribution in [0.4, 0.5) is 45.5 Å². The maximum absolute atomic E-state index is 7.09. The van der Waals surface area contributed by atoms with Gasteiger partial charge in [0, 0.05) is 11.4 Å². The van der Waals surface area contributed by atoms with Crippen molar-refractivity contribution in [1.82, 2.24) is 0 Å². The third-order valence-electron chi connectivity index (χ3n) is 9.86. The van der Waals surface area contributed by atoms with Crippen LogP contribution >= 0.6 is 11.3 Å². The molecule has 6 aromatic carbocycles. The van der Waals surface area contributed by atoms with Crippen molar-refractivity contribution in [1.29, 1.82) is 0 Å². The Morgan fingerprint density at radius 2 is 0.673 bits per heavy atom. The minimum Gasteiger partial charge on any atom is -0.451 e. The summed E-state index contributed by atoms with van der Waals surface area (Å²) in [5.74, 6) is 3.11. The number of fused-ring (bicyclic) bond motifs is 15. The fourth-order valence-corrected chi connectivity index (χ4v) is 9.23. The van der Waals surface area contributed by atoms with E-state index in [1.165, 1.54) is 0 Å². The molecule has 7 aromatic rings. The van der Waals surface area contributed by atoms with E-state index in [2.05, 4.69) is 165 Å². The number of thiophene rings is 1. The molecule has 0 radical (unpaired) electrons. The van der Waals surface area contributed by atoms with Gasteiger partial charge in [-0.2, -0.15) is 0 Å². The van der Waals surface area contributed by atoms with Crippen molar-refractivity contribution in [3.63, 3.8) is 0 Å². The maximum Gasteiger partial charge on any atom is 0.435 e. The summed E-state index contributed by atoms with van der Waals surface area (Å²) in [6.45, 7) is -0.423. The summed E-state index contributed by atoms with van der Waals surface area (Å²) in [6.07, 6.45) is 0. The van der Waals surface area contributed by atoms with Gasteiger partial charge in [-0.15, -0.1) is 11.3 Å². The third kappa shape index (κ3) is 3.73. The van der Waals surface area contributed by atoms with Crippen LogP contribution in [0.5, 0.6) is 23.0 Å². The van der Waals surface area contributed by atoms with Gasteiger partial charge < -0.3 is 28.7 Å². The highest BCUT2D eigenvalue weighted by Gasteiger charge is 2.54. The number of hydrogen-bond acceptors (Lipinski definition) is 7. The predicted molar refractivity (Wildman–Crippen MR) is 202 cm³/mol. The summed E-state index contributed by atoms with van der Waals surface area (Å²) >= 11 is 1.78. The van der Waals surface area contributed by atoms with Crippen molar-refractivity contribution in [2.24, 2.45) is 0 Å². The second-order valence-electron chi connectivity index (χ2n) is 12.5. The molecule has 4 aliphatic rings. The normalized spacial score (nSPS) is 14.6. The average Bonchev–Trinajstić information content (AvgIpc) is 3.74. The Bertz CT molecular complexity index is 2260. The summed E-state index contributed by atoms with van der Waals surface area (Å²) in [5.41, 5.74) is 8.84. The molecule has 6 nitrogen and oxygen atoms in total. The number of anilines is 8. The lowest BCUT2D eigenvalue weighted by atomic mass is 9.68. The van der Waals surface area contributed by atoms with Crippen molar-refractivity contribution in [3.8, 4) is 23.0 Å². The first-order valence-electron chi connectivity index (χ1n) is 16.5. The van der Waals surface area contributed by atoms with Crippen LogP contribution in [-0.2, 0) is 0 Å². The van der Waals surface area contributed by atoms with Crippen LogP contribution in [0.2, 0.25) is 0 Å². The zero-order valence-corrected chi connectivity index (χ0v) is 27.0. The van der Waals surface area contributed by atoms with Gasteiger partial charge in [-0.05, 0) is 72.8 Å². The molecule has 1 aromatic heterocycles. The number of rotatable bonds is 2. The molecule has 0 fully saturated rings. The van der Waals surface area contributed by atoms with Crippen molar-refractivity contribution in [2.45, 2.75) is 0 Å². The average molecular weight is 648 g/mol. The van der Waals surface area contributed by atoms with Crippen LogP contribution in [-0.4, -0.2) is 14.0 Å². The Hall–Kier alpha value is -6.05. The van der Waals surface area contributed by atoms with E-state index in [4.69, 9.17) is 9.47 Å². The molecule has 11 rings (SSSR count). The first-order valence-corrected chi connectivity index (χ1v) is 17.3. The van der Waals surface area contributed by atoms with Gasteiger partial charge in [0.2, 0.25) is 0 Å². The van der Waals surface area contributed by atoms with Gasteiger partial charge >= 0.3 is 14.0 Å². The first-order chi connectivity index (χ1) is 24.3. The lowest BCUT2D eigenvalue weighted by Gasteiger charge is -2.29. The van der Waals surface area contributed by atoms with E-state index in [0.717, 1.165) is 78.1 Å². The minimum absolute atomic E-state index is 0.211. The summed E-state index contributed by atoms with van der Waals surface area (Å²) in [4.78, 5) is 9.76. The molecule has 0 bridgehead atoms. The fraction of sp³-hybridized carbons (Fsp3) is 0. The molecule has 0 saturated heterocycles. The molecule has 0 N–H and O–H groups in total. The summed E-state index contributed by atoms with van der Waals surface area (Å²) < 4.78 is 16.4. The minimum atomic E-state index is -0.211. The van der Waals surface area contributed by atoms with Crippen molar-refractivity contribution >= 4 is 80.4 Å². The number of benzene rings is 6. The lowest BCUT2D eigenvalue weighted by Crippen LogP contribution is -2.53. The second-order valence-corrected chi connectivity index (χ2v) is 13.6. The standard InChI is InChI=1S/C40H26B2N4O2S/c1-3-15-27(16-4-1)43-29-19-7-9-21-31(29)45-33-23-11-13-25-35(33)47-37-38-40(49-39(37)41(43)45)42-44(28-17-5-2-6-18-28)30-20-8-10-22-32(30)46(42)34-24-12-14-26-36(34)48-38/h1-26H. The van der Waals surface area contributed by atoms with E-state index in [1.54, 1.807) is 11.3 Å². The SMILES string of the molecule is c1ccc(N2B3c4sc5c(c4Oc4ccccc4N3c3ccccc32)Oc2ccccc2N2B5N(c3ccccc3)c3ccccc32)cc1. The van der Waals surface area contributed by atoms with Gasteiger partial charge in [0.05, 0.1) is 43.7 Å². The van der Waals surface area contributed by atoms with Crippen molar-refractivity contribution < 1.29 is 9.47 Å². The molecule has 49 heavy (non-hydrogen) atoms. The Morgan fingerprint density at radius 3 is 1.08 bits per heavy atom. The Kier molecular flexibility index (Phi) is 5.62. The van der Waals surface area contributed by atoms with Crippen molar-refractivity contribution in [2.75, 3.05) is 19.2 Å². The largest absolute Gasteiger partial charge is 0.451 e. The highest BCUT2D eigenvalue weighted by atomic mass is 32.1. The summed E-state index contributed by atoms with van der Waals surface area (Å²) in [7, 11) is 0. The molecule has 0 unspecified atom stereocenters. The van der Waals surface area contributed by atoms with Crippen LogP contribution in [0, 0.1) is 0 Å². The molecule has 5 heterocycles. The Morgan fingerprint density at radius 1 is 0.347 bits per heavy atom. The molecule has 0 amide bonds. The highest BCUT2D eigenvalue weighted by molar-refractivity contribution is 7.34. The van der Waals surface area contributed by atoms with E-state index in [1.807, 2.05) is 12.1 Å². The molecule has 230 valence electrons. The maximum atomic E-state index is 7.09. The van der Waals surface area contributed by atoms with Gasteiger partial charge in [-0.1, -0.05) is 84.9 Å². The Labute approximate surface area is 288 Å². The van der Waals surface area contributed by atoms with Crippen molar-refractivity contribution in [3.05, 3.63) is 158 Å². The summed E-state index contributed by atoms with van der Waals surface area (Å²) in [5, 5.41) is 0. The van der Waals surface area contributed by atoms with E-state index in [0.29, 0.717) is 0 Å². The van der Waals surface area contributed by atoms with Crippen LogP contribution in [0.25, 0.3) is 0 Å². The van der Waals surface area contributed by atoms with Gasteiger partial charge in [-0.3, -0.25) is 0 Å². The van der Waals surface area contributed by atoms with E-state index in [-0.39, 0.29) is 14.0 Å². The van der Waals surface area contributed by atoms with Crippen LogP contribution < -0.4 is 38.3 Å². The van der Waals surface area contributed by atoms with Gasteiger partial charge in [0.25, 0.3) is 0 Å². The highest BCUT2D eigenvalue weighted by Crippen LogP contribution is 2.56. The predicted octanol–water partition coefficient (Wildman–Crippen LogP) is 9.33. The molecule has 9 heteroatoms. The zero-order chi connectivity index (χ0) is 32.1. The number of nitrogens with zero attached hydrogens (tertiary/aromatic N) is 4. The molecule has 0 aliphatic carbocycles. The third-order valence-corrected chi connectivity index (χ3v) is 11.1. The van der Waals surface area contributed by atoms with E-state index in [9.17, 15) is 0 Å². The van der Waals surface area contributed by atoms with Crippen LogP contribution in [0.3, 0.4) is 0 Å². The summed E-state index contributed by atoms with van der Waals surface area (Å²) in [6, 6.07) is 55.4. The molecular weight excluding hydrogens is 622 g/mol.